The summed E-state index contributed by atoms with van der Waals surface area (Å²) < 4.78 is 18.2. The summed E-state index contributed by atoms with van der Waals surface area (Å²) in [7, 11) is 0. The number of nitrogens with zero attached hydrogens (tertiary/aromatic N) is 2. The molecule has 1 atom stereocenters. The molecule has 0 aromatic heterocycles. The van der Waals surface area contributed by atoms with E-state index in [4.69, 9.17) is 4.74 Å². The van der Waals surface area contributed by atoms with E-state index in [-0.39, 0.29) is 12.3 Å². The van der Waals surface area contributed by atoms with Gasteiger partial charge in [-0.05, 0) is 50.2 Å². The van der Waals surface area contributed by atoms with Crippen molar-refractivity contribution in [3.05, 3.63) is 60.4 Å². The molecule has 7 nitrogen and oxygen atoms in total. The van der Waals surface area contributed by atoms with Crippen molar-refractivity contribution in [1.29, 1.82) is 0 Å². The molecule has 2 aromatic carbocycles. The summed E-state index contributed by atoms with van der Waals surface area (Å²) >= 11 is 0. The fraction of sp³-hybridized carbons (Fsp3) is 0.200. The quantitative estimate of drug-likeness (QED) is 0.487. The fourth-order valence-electron chi connectivity index (χ4n) is 2.95. The van der Waals surface area contributed by atoms with Gasteiger partial charge in [-0.3, -0.25) is 19.9 Å². The Balaban J connectivity index is 2.07. The van der Waals surface area contributed by atoms with Crippen molar-refractivity contribution in [1.82, 2.24) is 0 Å². The molecule has 2 aromatic rings. The van der Waals surface area contributed by atoms with Gasteiger partial charge in [0.2, 0.25) is 0 Å². The van der Waals surface area contributed by atoms with Crippen molar-refractivity contribution in [2.24, 2.45) is 5.10 Å². The summed E-state index contributed by atoms with van der Waals surface area (Å²) in [5, 5.41) is 4.02. The van der Waals surface area contributed by atoms with Crippen molar-refractivity contribution in [3.63, 3.8) is 0 Å². The number of amides is 1. The maximum Gasteiger partial charge on any atom is 0.338 e. The number of nitrogens with one attached hydrogen (secondary N) is 1. The Bertz CT molecular complexity index is 944. The average molecular weight is 383 g/mol. The predicted octanol–water partition coefficient (Wildman–Crippen LogP) is 2.53. The maximum absolute atomic E-state index is 13.1. The number of hydrazone groups is 1. The van der Waals surface area contributed by atoms with Crippen LogP contribution in [0.15, 0.2) is 59.7 Å². The summed E-state index contributed by atoms with van der Waals surface area (Å²) in [6.45, 7) is 3.10. The molecule has 1 amide bonds. The molecular weight excluding hydrogens is 365 g/mol. The van der Waals surface area contributed by atoms with Crippen LogP contribution >= 0.6 is 0 Å². The summed E-state index contributed by atoms with van der Waals surface area (Å²) in [6.07, 6.45) is 0. The van der Waals surface area contributed by atoms with E-state index in [0.29, 0.717) is 11.4 Å². The Morgan fingerprint density at radius 2 is 1.79 bits per heavy atom. The largest absolute Gasteiger partial charge is 0.464 e. The highest BCUT2D eigenvalue weighted by atomic mass is 19.1. The number of anilines is 2. The lowest BCUT2D eigenvalue weighted by molar-refractivity contribution is -0.147. The van der Waals surface area contributed by atoms with Crippen LogP contribution in [0, 0.1) is 5.82 Å². The number of carbonyl (C=O) groups excluding carboxylic acids is 3. The summed E-state index contributed by atoms with van der Waals surface area (Å²) in [5.41, 5.74) is 1.30. The van der Waals surface area contributed by atoms with Gasteiger partial charge in [-0.2, -0.15) is 5.10 Å². The molecule has 8 heteroatoms. The third-order valence-corrected chi connectivity index (χ3v) is 4.35. The lowest BCUT2D eigenvalue weighted by Crippen LogP contribution is -2.55. The molecule has 0 aliphatic carbocycles. The van der Waals surface area contributed by atoms with Gasteiger partial charge in [-0.25, -0.2) is 9.18 Å². The number of para-hydroxylation sites is 1. The third-order valence-electron chi connectivity index (χ3n) is 4.35. The first-order valence-corrected chi connectivity index (χ1v) is 8.60. The molecule has 1 saturated heterocycles. The number of ether oxygens (including phenoxy) is 1. The van der Waals surface area contributed by atoms with Crippen molar-refractivity contribution >= 4 is 34.7 Å². The first-order chi connectivity index (χ1) is 13.4. The van der Waals surface area contributed by atoms with Crippen LogP contribution in [-0.2, 0) is 19.1 Å². The second-order valence-electron chi connectivity index (χ2n) is 6.18. The highest BCUT2D eigenvalue weighted by Crippen LogP contribution is 2.33. The van der Waals surface area contributed by atoms with Crippen LogP contribution in [0.5, 0.6) is 0 Å². The summed E-state index contributed by atoms with van der Waals surface area (Å²) in [6, 6.07) is 13.6. The molecule has 1 heterocycles. The van der Waals surface area contributed by atoms with E-state index >= 15 is 0 Å². The Morgan fingerprint density at radius 1 is 1.14 bits per heavy atom. The Morgan fingerprint density at radius 3 is 2.39 bits per heavy atom. The summed E-state index contributed by atoms with van der Waals surface area (Å²) in [5.74, 6) is -3.02. The van der Waals surface area contributed by atoms with E-state index in [1.807, 2.05) is 0 Å². The minimum atomic E-state index is -1.75. The first kappa shape index (κ1) is 19.2. The number of hydrogen-bond acceptors (Lipinski definition) is 6. The van der Waals surface area contributed by atoms with Crippen LogP contribution in [0.25, 0.3) is 0 Å². The predicted molar refractivity (Wildman–Crippen MR) is 101 cm³/mol. The van der Waals surface area contributed by atoms with E-state index in [1.165, 1.54) is 31.2 Å². The van der Waals surface area contributed by atoms with Gasteiger partial charge in [0.25, 0.3) is 5.78 Å². The standard InChI is InChI=1S/C20H18FN3O4/c1-3-28-19(27)20(2)17(23-22-14-11-9-13(21)10-12-14)16(25)18(26)24(20)15-7-5-4-6-8-15/h4-12,22H,3H2,1-2H3/b23-17-/t20-/m1/s1. The van der Waals surface area contributed by atoms with Crippen LogP contribution < -0.4 is 10.3 Å². The smallest absolute Gasteiger partial charge is 0.338 e. The average Bonchev–Trinajstić information content (AvgIpc) is 2.89. The number of rotatable bonds is 5. The number of benzene rings is 2. The van der Waals surface area contributed by atoms with Crippen molar-refractivity contribution in [2.75, 3.05) is 16.9 Å². The molecule has 0 unspecified atom stereocenters. The maximum atomic E-state index is 13.1. The zero-order chi connectivity index (χ0) is 20.3. The minimum Gasteiger partial charge on any atom is -0.464 e. The highest BCUT2D eigenvalue weighted by Gasteiger charge is 2.60. The molecule has 1 aliphatic rings. The topological polar surface area (TPSA) is 88.1 Å². The molecule has 0 radical (unpaired) electrons. The lowest BCUT2D eigenvalue weighted by Gasteiger charge is -2.31. The fourth-order valence-corrected chi connectivity index (χ4v) is 2.95. The van der Waals surface area contributed by atoms with Crippen molar-refractivity contribution in [2.45, 2.75) is 19.4 Å². The zero-order valence-electron chi connectivity index (χ0n) is 15.3. The Hall–Kier alpha value is -3.55. The molecule has 1 aliphatic heterocycles. The van der Waals surface area contributed by atoms with Crippen LogP contribution in [-0.4, -0.2) is 35.5 Å². The zero-order valence-corrected chi connectivity index (χ0v) is 15.3. The van der Waals surface area contributed by atoms with E-state index in [9.17, 15) is 18.8 Å². The third kappa shape index (κ3) is 3.24. The second kappa shape index (κ2) is 7.59. The molecule has 144 valence electrons. The van der Waals surface area contributed by atoms with Gasteiger partial charge in [0.15, 0.2) is 11.3 Å². The van der Waals surface area contributed by atoms with Crippen LogP contribution in [0.4, 0.5) is 15.8 Å². The lowest BCUT2D eigenvalue weighted by atomic mass is 9.95. The van der Waals surface area contributed by atoms with Gasteiger partial charge in [-0.15, -0.1) is 0 Å². The molecule has 0 spiro atoms. The number of hydrogen-bond donors (Lipinski definition) is 1. The molecule has 28 heavy (non-hydrogen) atoms. The van der Waals surface area contributed by atoms with Crippen LogP contribution in [0.3, 0.4) is 0 Å². The number of ketones is 1. The number of halogens is 1. The second-order valence-corrected chi connectivity index (χ2v) is 6.18. The van der Waals surface area contributed by atoms with E-state index < -0.39 is 29.0 Å². The van der Waals surface area contributed by atoms with E-state index in [1.54, 1.807) is 37.3 Å². The van der Waals surface area contributed by atoms with Crippen LogP contribution in [0.1, 0.15) is 13.8 Å². The van der Waals surface area contributed by atoms with Crippen molar-refractivity contribution < 1.29 is 23.5 Å². The molecule has 1 fully saturated rings. The first-order valence-electron chi connectivity index (χ1n) is 8.60. The minimum absolute atomic E-state index is 0.0676. The SMILES string of the molecule is CCOC(=O)[C@@]1(C)/C(=N\Nc2ccc(F)cc2)C(=O)C(=O)N1c1ccccc1. The number of esters is 1. The van der Waals surface area contributed by atoms with E-state index in [0.717, 1.165) is 4.90 Å². The van der Waals surface area contributed by atoms with Gasteiger partial charge < -0.3 is 4.74 Å². The van der Waals surface area contributed by atoms with E-state index in [2.05, 4.69) is 10.5 Å². The number of Topliss-reactive ketones (excluding diaryl/α,β-unsaturated/α-hetero) is 1. The summed E-state index contributed by atoms with van der Waals surface area (Å²) in [4.78, 5) is 39.2. The van der Waals surface area contributed by atoms with Gasteiger partial charge >= 0.3 is 11.9 Å². The molecule has 0 bridgehead atoms. The van der Waals surface area contributed by atoms with Crippen LogP contribution in [0.2, 0.25) is 0 Å². The van der Waals surface area contributed by atoms with Crippen molar-refractivity contribution in [3.8, 4) is 0 Å². The Labute approximate surface area is 160 Å². The monoisotopic (exact) mass is 383 g/mol. The Kier molecular flexibility index (Phi) is 5.21. The molecule has 1 N–H and O–H groups in total. The van der Waals surface area contributed by atoms with Gasteiger partial charge in [-0.1, -0.05) is 18.2 Å². The van der Waals surface area contributed by atoms with Gasteiger partial charge in [0.1, 0.15) is 5.82 Å². The van der Waals surface area contributed by atoms with Gasteiger partial charge in [0.05, 0.1) is 12.3 Å². The highest BCUT2D eigenvalue weighted by molar-refractivity contribution is 6.75. The van der Waals surface area contributed by atoms with Gasteiger partial charge in [0, 0.05) is 5.69 Å². The molecule has 3 rings (SSSR count). The molecule has 0 saturated carbocycles. The normalized spacial score (nSPS) is 20.5. The number of carbonyl (C=O) groups is 3. The molecular formula is C20H18FN3O4.